The second kappa shape index (κ2) is 12.8. The highest BCUT2D eigenvalue weighted by Gasteiger charge is 2.33. The van der Waals surface area contributed by atoms with E-state index < -0.39 is 18.0 Å². The van der Waals surface area contributed by atoms with Crippen LogP contribution in [-0.2, 0) is 14.3 Å². The fourth-order valence-corrected chi connectivity index (χ4v) is 6.38. The number of fused-ring (bicyclic) bond motifs is 1. The van der Waals surface area contributed by atoms with Crippen molar-refractivity contribution in [1.82, 2.24) is 4.57 Å². The highest BCUT2D eigenvalue weighted by molar-refractivity contribution is 7.98. The second-order valence-corrected chi connectivity index (χ2v) is 12.2. The van der Waals surface area contributed by atoms with Crippen LogP contribution in [0.1, 0.15) is 55.4 Å². The van der Waals surface area contributed by atoms with Crippen molar-refractivity contribution in [2.75, 3.05) is 12.9 Å². The van der Waals surface area contributed by atoms with Crippen LogP contribution >= 0.6 is 34.7 Å². The Morgan fingerprint density at radius 1 is 1.14 bits per heavy atom. The number of hydrogen-bond acceptors (Lipinski definition) is 9. The van der Waals surface area contributed by atoms with E-state index >= 15 is 0 Å². The van der Waals surface area contributed by atoms with Gasteiger partial charge in [-0.15, -0.1) is 11.8 Å². The van der Waals surface area contributed by atoms with Gasteiger partial charge in [0.15, 0.2) is 4.80 Å². The molecule has 1 aliphatic rings. The van der Waals surface area contributed by atoms with E-state index in [1.54, 1.807) is 75.9 Å². The summed E-state index contributed by atoms with van der Waals surface area (Å²) >= 11 is 9.05. The molecule has 0 saturated carbocycles. The zero-order chi connectivity index (χ0) is 30.8. The van der Waals surface area contributed by atoms with Crippen molar-refractivity contribution in [2.45, 2.75) is 44.7 Å². The molecule has 2 aromatic carbocycles. The molecule has 3 heterocycles. The van der Waals surface area contributed by atoms with E-state index in [1.165, 1.54) is 15.9 Å². The van der Waals surface area contributed by atoms with Crippen molar-refractivity contribution in [3.8, 4) is 11.3 Å². The van der Waals surface area contributed by atoms with Gasteiger partial charge in [-0.2, -0.15) is 0 Å². The molecule has 0 amide bonds. The molecule has 0 aliphatic carbocycles. The summed E-state index contributed by atoms with van der Waals surface area (Å²) in [6.45, 7) is 7.23. The number of carbonyl (C=O) groups excluding carboxylic acids is 2. The molecule has 0 unspecified atom stereocenters. The predicted molar refractivity (Wildman–Crippen MR) is 168 cm³/mol. The number of carbonyl (C=O) groups is 2. The molecule has 0 N–H and O–H groups in total. The minimum Gasteiger partial charge on any atom is -0.463 e. The van der Waals surface area contributed by atoms with Gasteiger partial charge in [0.05, 0.1) is 40.1 Å². The number of rotatable bonds is 8. The largest absolute Gasteiger partial charge is 0.463 e. The molecule has 8 nitrogen and oxygen atoms in total. The van der Waals surface area contributed by atoms with E-state index in [4.69, 9.17) is 25.5 Å². The molecule has 43 heavy (non-hydrogen) atoms. The van der Waals surface area contributed by atoms with Gasteiger partial charge in [0, 0.05) is 21.6 Å². The summed E-state index contributed by atoms with van der Waals surface area (Å²) in [7, 11) is 0. The highest BCUT2D eigenvalue weighted by Crippen LogP contribution is 2.32. The number of hydrogen-bond donors (Lipinski definition) is 0. The lowest BCUT2D eigenvalue weighted by Gasteiger charge is -2.24. The summed E-state index contributed by atoms with van der Waals surface area (Å²) in [6, 6.07) is 15.3. The fourth-order valence-electron chi connectivity index (χ4n) is 4.77. The van der Waals surface area contributed by atoms with Crippen molar-refractivity contribution < 1.29 is 23.5 Å². The molecule has 222 valence electrons. The van der Waals surface area contributed by atoms with Crippen LogP contribution in [0.25, 0.3) is 17.4 Å². The monoisotopic (exact) mass is 636 g/mol. The van der Waals surface area contributed by atoms with Crippen LogP contribution in [0, 0.1) is 0 Å². The summed E-state index contributed by atoms with van der Waals surface area (Å²) in [5, 5.41) is 0.431. The van der Waals surface area contributed by atoms with Crippen LogP contribution in [0.4, 0.5) is 0 Å². The number of nitrogens with zero attached hydrogens (tertiary/aromatic N) is 2. The van der Waals surface area contributed by atoms with Crippen LogP contribution in [-0.4, -0.2) is 35.5 Å². The van der Waals surface area contributed by atoms with Gasteiger partial charge in [-0.3, -0.25) is 9.36 Å². The molecule has 1 atom stereocenters. The molecule has 1 aliphatic heterocycles. The molecule has 0 radical (unpaired) electrons. The number of thioether (sulfide) groups is 1. The molecular weight excluding hydrogens is 608 g/mol. The molecule has 11 heteroatoms. The Morgan fingerprint density at radius 3 is 2.56 bits per heavy atom. The molecule has 2 aromatic heterocycles. The third-order valence-electron chi connectivity index (χ3n) is 6.66. The van der Waals surface area contributed by atoms with Crippen LogP contribution in [0.5, 0.6) is 0 Å². The van der Waals surface area contributed by atoms with Crippen molar-refractivity contribution in [3.63, 3.8) is 0 Å². The third kappa shape index (κ3) is 6.27. The maximum atomic E-state index is 13.9. The van der Waals surface area contributed by atoms with E-state index in [0.717, 1.165) is 10.5 Å². The number of esters is 2. The first-order chi connectivity index (χ1) is 20.6. The van der Waals surface area contributed by atoms with Crippen LogP contribution in [0.3, 0.4) is 0 Å². The van der Waals surface area contributed by atoms with Crippen LogP contribution in [0.15, 0.2) is 85.0 Å². The Bertz CT molecular complexity index is 1920. The zero-order valence-electron chi connectivity index (χ0n) is 24.2. The molecule has 0 saturated heterocycles. The van der Waals surface area contributed by atoms with E-state index in [1.807, 2.05) is 30.5 Å². The van der Waals surface area contributed by atoms with E-state index in [-0.39, 0.29) is 18.3 Å². The van der Waals surface area contributed by atoms with Crippen LogP contribution < -0.4 is 14.9 Å². The van der Waals surface area contributed by atoms with Gasteiger partial charge >= 0.3 is 11.9 Å². The normalized spacial score (nSPS) is 15.0. The summed E-state index contributed by atoms with van der Waals surface area (Å²) in [4.78, 5) is 45.9. The van der Waals surface area contributed by atoms with Gasteiger partial charge in [-0.25, -0.2) is 14.6 Å². The molecule has 0 bridgehead atoms. The lowest BCUT2D eigenvalue weighted by Crippen LogP contribution is -2.39. The quantitative estimate of drug-likeness (QED) is 0.173. The number of aromatic nitrogens is 1. The molecule has 0 fully saturated rings. The smallest absolute Gasteiger partial charge is 0.339 e. The Labute approximate surface area is 261 Å². The molecule has 0 spiro atoms. The Hall–Kier alpha value is -3.86. The predicted octanol–water partition coefficient (Wildman–Crippen LogP) is 6.00. The van der Waals surface area contributed by atoms with Gasteiger partial charge in [0.25, 0.3) is 5.56 Å². The van der Waals surface area contributed by atoms with Gasteiger partial charge in [0.1, 0.15) is 11.5 Å². The Kier molecular flexibility index (Phi) is 9.10. The standard InChI is InChI=1S/C32H29ClN2O6S2/c1-6-39-31(38)27-18(4)34-32-35(28(27)19-7-11-22(42-5)12-8-19)29(36)26(43-32)16-21-10-14-25(41-21)24-15-20(33)9-13-23(24)30(37)40-17(2)3/h7-17,28H,6H2,1-5H3/b26-16+/t28-/m0/s1. The average molecular weight is 637 g/mol. The Balaban J connectivity index is 1.60. The number of halogens is 1. The van der Waals surface area contributed by atoms with E-state index in [9.17, 15) is 14.4 Å². The van der Waals surface area contributed by atoms with Crippen molar-refractivity contribution in [1.29, 1.82) is 0 Å². The average Bonchev–Trinajstić information content (AvgIpc) is 3.56. The lowest BCUT2D eigenvalue weighted by molar-refractivity contribution is -0.139. The van der Waals surface area contributed by atoms with Crippen LogP contribution in [0.2, 0.25) is 5.02 Å². The van der Waals surface area contributed by atoms with Crippen molar-refractivity contribution in [3.05, 3.63) is 107 Å². The van der Waals surface area contributed by atoms with Crippen molar-refractivity contribution in [2.24, 2.45) is 4.99 Å². The first kappa shape index (κ1) is 30.6. The first-order valence-electron chi connectivity index (χ1n) is 13.6. The van der Waals surface area contributed by atoms with Gasteiger partial charge in [-0.1, -0.05) is 35.1 Å². The second-order valence-electron chi connectivity index (χ2n) is 9.92. The fraction of sp³-hybridized carbons (Fsp3) is 0.250. The van der Waals surface area contributed by atoms with Gasteiger partial charge in [0.2, 0.25) is 0 Å². The number of thiazole rings is 1. The van der Waals surface area contributed by atoms with E-state index in [2.05, 4.69) is 4.99 Å². The highest BCUT2D eigenvalue weighted by atomic mass is 35.5. The van der Waals surface area contributed by atoms with Crippen molar-refractivity contribution >= 4 is 52.7 Å². The summed E-state index contributed by atoms with van der Waals surface area (Å²) in [6.07, 6.45) is 3.31. The maximum absolute atomic E-state index is 13.9. The summed E-state index contributed by atoms with van der Waals surface area (Å²) in [5.41, 5.74) is 2.05. The summed E-state index contributed by atoms with van der Waals surface area (Å²) in [5.74, 6) is -0.220. The SMILES string of the molecule is CCOC(=O)C1=C(C)N=c2s/c(=C/c3ccc(-c4cc(Cl)ccc4C(=O)OC(C)C)o3)c(=O)n2[C@H]1c1ccc(SC)cc1. The summed E-state index contributed by atoms with van der Waals surface area (Å²) < 4.78 is 18.7. The molecule has 5 rings (SSSR count). The molecule has 4 aromatic rings. The molecular formula is C32H29ClN2O6S2. The zero-order valence-corrected chi connectivity index (χ0v) is 26.6. The minimum absolute atomic E-state index is 0.197. The number of furan rings is 1. The van der Waals surface area contributed by atoms with Gasteiger partial charge in [-0.05, 0) is 82.0 Å². The topological polar surface area (TPSA) is 100 Å². The van der Waals surface area contributed by atoms with Gasteiger partial charge < -0.3 is 13.9 Å². The number of ether oxygens (including phenoxy) is 2. The Morgan fingerprint density at radius 2 is 1.88 bits per heavy atom. The number of benzene rings is 2. The number of allylic oxidation sites excluding steroid dienone is 1. The minimum atomic E-state index is -0.707. The lowest BCUT2D eigenvalue weighted by atomic mass is 9.96. The third-order valence-corrected chi connectivity index (χ3v) is 8.62. The van der Waals surface area contributed by atoms with E-state index in [0.29, 0.717) is 48.3 Å². The first-order valence-corrected chi connectivity index (χ1v) is 16.0. The maximum Gasteiger partial charge on any atom is 0.339 e.